The van der Waals surface area contributed by atoms with Gasteiger partial charge >= 0.3 is 0 Å². The molecule has 3 rings (SSSR count). The number of carbonyl (C=O) groups excluding carboxylic acids is 2. The maximum absolute atomic E-state index is 12.9. The normalized spacial score (nSPS) is 14.6. The summed E-state index contributed by atoms with van der Waals surface area (Å²) in [6.07, 6.45) is 2.29. The van der Waals surface area contributed by atoms with Crippen molar-refractivity contribution in [1.82, 2.24) is 9.80 Å². The van der Waals surface area contributed by atoms with E-state index in [1.165, 1.54) is 0 Å². The molecule has 0 saturated carbocycles. The highest BCUT2D eigenvalue weighted by molar-refractivity contribution is 6.10. The zero-order valence-corrected chi connectivity index (χ0v) is 17.5. The smallest absolute Gasteiger partial charge is 0.253 e. The van der Waals surface area contributed by atoms with Crippen molar-refractivity contribution in [3.8, 4) is 0 Å². The number of halogens is 1. The predicted molar refractivity (Wildman–Crippen MR) is 115 cm³/mol. The lowest BCUT2D eigenvalue weighted by Gasteiger charge is -2.38. The van der Waals surface area contributed by atoms with Crippen molar-refractivity contribution in [2.45, 2.75) is 32.7 Å². The van der Waals surface area contributed by atoms with Gasteiger partial charge in [0.05, 0.1) is 0 Å². The Hall–Kier alpha value is -2.17. The molecule has 150 valence electrons. The van der Waals surface area contributed by atoms with E-state index < -0.39 is 0 Å². The van der Waals surface area contributed by atoms with E-state index in [9.17, 15) is 9.59 Å². The second-order valence-electron chi connectivity index (χ2n) is 7.07. The number of benzene rings is 2. The Morgan fingerprint density at radius 1 is 0.821 bits per heavy atom. The first-order chi connectivity index (χ1) is 13.1. The Morgan fingerprint density at radius 3 is 2.00 bits per heavy atom. The zero-order chi connectivity index (χ0) is 19.2. The molecule has 1 heterocycles. The van der Waals surface area contributed by atoms with Gasteiger partial charge in [0.25, 0.3) is 5.91 Å². The van der Waals surface area contributed by atoms with E-state index in [2.05, 4.69) is 18.7 Å². The molecule has 1 amide bonds. The number of piperazine rings is 1. The molecule has 28 heavy (non-hydrogen) atoms. The number of rotatable bonds is 6. The minimum absolute atomic E-state index is 0. The SMILES string of the molecule is CCC(CC)N1CCN(C(=O)c2cccc(C(=O)c3ccccc3)c2)CC1.Cl. The molecular weight excluding hydrogens is 372 g/mol. The highest BCUT2D eigenvalue weighted by Crippen LogP contribution is 2.16. The lowest BCUT2D eigenvalue weighted by molar-refractivity contribution is 0.0559. The predicted octanol–water partition coefficient (Wildman–Crippen LogP) is 4.29. The highest BCUT2D eigenvalue weighted by atomic mass is 35.5. The van der Waals surface area contributed by atoms with Crippen LogP contribution in [0.25, 0.3) is 0 Å². The summed E-state index contributed by atoms with van der Waals surface area (Å²) < 4.78 is 0. The molecule has 0 unspecified atom stereocenters. The summed E-state index contributed by atoms with van der Waals surface area (Å²) in [5.41, 5.74) is 1.79. The molecule has 0 radical (unpaired) electrons. The van der Waals surface area contributed by atoms with Crippen LogP contribution in [0.5, 0.6) is 0 Å². The van der Waals surface area contributed by atoms with Crippen molar-refractivity contribution in [1.29, 1.82) is 0 Å². The van der Waals surface area contributed by atoms with Crippen molar-refractivity contribution in [3.05, 3.63) is 71.3 Å². The number of carbonyl (C=O) groups is 2. The van der Waals surface area contributed by atoms with Crippen LogP contribution in [0.2, 0.25) is 0 Å². The van der Waals surface area contributed by atoms with Crippen LogP contribution in [0.4, 0.5) is 0 Å². The van der Waals surface area contributed by atoms with Crippen molar-refractivity contribution >= 4 is 24.1 Å². The van der Waals surface area contributed by atoms with Gasteiger partial charge < -0.3 is 4.90 Å². The Bertz CT molecular complexity index is 782. The van der Waals surface area contributed by atoms with Crippen LogP contribution in [0.15, 0.2) is 54.6 Å². The van der Waals surface area contributed by atoms with E-state index in [4.69, 9.17) is 0 Å². The fourth-order valence-corrected chi connectivity index (χ4v) is 3.83. The Kier molecular flexibility index (Phi) is 8.21. The Balaban J connectivity index is 0.00000280. The first-order valence-electron chi connectivity index (χ1n) is 9.87. The van der Waals surface area contributed by atoms with Crippen molar-refractivity contribution in [2.75, 3.05) is 26.2 Å². The molecule has 5 heteroatoms. The molecule has 1 aliphatic heterocycles. The van der Waals surface area contributed by atoms with E-state index in [1.54, 1.807) is 36.4 Å². The average Bonchev–Trinajstić information content (AvgIpc) is 2.75. The van der Waals surface area contributed by atoms with Crippen molar-refractivity contribution < 1.29 is 9.59 Å². The van der Waals surface area contributed by atoms with Crippen LogP contribution < -0.4 is 0 Å². The monoisotopic (exact) mass is 400 g/mol. The molecule has 0 aromatic heterocycles. The summed E-state index contributed by atoms with van der Waals surface area (Å²) in [7, 11) is 0. The van der Waals surface area contributed by atoms with Gasteiger partial charge in [0, 0.05) is 48.9 Å². The van der Waals surface area contributed by atoms with Crippen LogP contribution in [0.1, 0.15) is 53.0 Å². The largest absolute Gasteiger partial charge is 0.336 e. The van der Waals surface area contributed by atoms with Crippen LogP contribution in [-0.2, 0) is 0 Å². The van der Waals surface area contributed by atoms with Gasteiger partial charge in [-0.3, -0.25) is 14.5 Å². The Labute approximate surface area is 173 Å². The molecule has 0 bridgehead atoms. The van der Waals surface area contributed by atoms with Gasteiger partial charge in [0.1, 0.15) is 0 Å². The molecule has 1 saturated heterocycles. The summed E-state index contributed by atoms with van der Waals surface area (Å²) in [6, 6.07) is 16.9. The standard InChI is InChI=1S/C23H28N2O2.ClH/c1-3-21(4-2)24-13-15-25(16-14-24)23(27)20-12-8-11-19(17-20)22(26)18-9-6-5-7-10-18;/h5-12,17,21H,3-4,13-16H2,1-2H3;1H. The zero-order valence-electron chi connectivity index (χ0n) is 16.6. The minimum atomic E-state index is -0.0520. The molecule has 0 spiro atoms. The first-order valence-corrected chi connectivity index (χ1v) is 9.87. The Morgan fingerprint density at radius 2 is 1.39 bits per heavy atom. The lowest BCUT2D eigenvalue weighted by atomic mass is 10.0. The summed E-state index contributed by atoms with van der Waals surface area (Å²) >= 11 is 0. The minimum Gasteiger partial charge on any atom is -0.336 e. The van der Waals surface area contributed by atoms with Crippen LogP contribution >= 0.6 is 12.4 Å². The molecule has 0 N–H and O–H groups in total. The molecule has 1 aliphatic rings. The van der Waals surface area contributed by atoms with Crippen LogP contribution in [0.3, 0.4) is 0 Å². The summed E-state index contributed by atoms with van der Waals surface area (Å²) in [5.74, 6) is -0.0364. The molecule has 0 aliphatic carbocycles. The molecular formula is C23H29ClN2O2. The van der Waals surface area contributed by atoms with E-state index in [0.29, 0.717) is 22.7 Å². The number of ketones is 1. The third kappa shape index (κ3) is 5.00. The van der Waals surface area contributed by atoms with Gasteiger partial charge in [-0.2, -0.15) is 0 Å². The first kappa shape index (κ1) is 22.1. The fourth-order valence-electron chi connectivity index (χ4n) is 3.83. The number of nitrogens with zero attached hydrogens (tertiary/aromatic N) is 2. The summed E-state index contributed by atoms with van der Waals surface area (Å²) in [4.78, 5) is 30.0. The second kappa shape index (κ2) is 10.4. The number of hydrogen-bond acceptors (Lipinski definition) is 3. The van der Waals surface area contributed by atoms with Crippen molar-refractivity contribution in [3.63, 3.8) is 0 Å². The van der Waals surface area contributed by atoms with Gasteiger partial charge in [-0.1, -0.05) is 56.3 Å². The topological polar surface area (TPSA) is 40.6 Å². The highest BCUT2D eigenvalue weighted by Gasteiger charge is 2.25. The summed E-state index contributed by atoms with van der Waals surface area (Å²) in [5, 5.41) is 0. The van der Waals surface area contributed by atoms with Gasteiger partial charge in [-0.15, -0.1) is 12.4 Å². The average molecular weight is 401 g/mol. The maximum atomic E-state index is 12.9. The van der Waals surface area contributed by atoms with Gasteiger partial charge in [0.2, 0.25) is 0 Å². The van der Waals surface area contributed by atoms with Gasteiger partial charge in [-0.25, -0.2) is 0 Å². The van der Waals surface area contributed by atoms with Gasteiger partial charge in [0.15, 0.2) is 5.78 Å². The van der Waals surface area contributed by atoms with E-state index in [0.717, 1.165) is 39.0 Å². The third-order valence-corrected chi connectivity index (χ3v) is 5.47. The van der Waals surface area contributed by atoms with Crippen LogP contribution in [-0.4, -0.2) is 53.7 Å². The van der Waals surface area contributed by atoms with E-state index in [1.807, 2.05) is 23.1 Å². The molecule has 2 aromatic rings. The second-order valence-corrected chi connectivity index (χ2v) is 7.07. The molecule has 2 aromatic carbocycles. The molecule has 4 nitrogen and oxygen atoms in total. The number of hydrogen-bond donors (Lipinski definition) is 0. The van der Waals surface area contributed by atoms with Crippen LogP contribution in [0, 0.1) is 0 Å². The van der Waals surface area contributed by atoms with E-state index >= 15 is 0 Å². The van der Waals surface area contributed by atoms with E-state index in [-0.39, 0.29) is 24.1 Å². The summed E-state index contributed by atoms with van der Waals surface area (Å²) in [6.45, 7) is 7.77. The third-order valence-electron chi connectivity index (χ3n) is 5.47. The quantitative estimate of drug-likeness (QED) is 0.679. The molecule has 1 fully saturated rings. The van der Waals surface area contributed by atoms with Gasteiger partial charge in [-0.05, 0) is 25.0 Å². The number of amides is 1. The lowest BCUT2D eigenvalue weighted by Crippen LogP contribution is -2.51. The molecule has 0 atom stereocenters. The van der Waals surface area contributed by atoms with Crippen molar-refractivity contribution in [2.24, 2.45) is 0 Å². The fraction of sp³-hybridized carbons (Fsp3) is 0.391. The maximum Gasteiger partial charge on any atom is 0.253 e.